The Morgan fingerprint density at radius 3 is 2.75 bits per heavy atom. The first kappa shape index (κ1) is 16.4. The molecule has 1 aliphatic heterocycles. The van der Waals surface area contributed by atoms with E-state index in [1.807, 2.05) is 48.2 Å². The zero-order valence-corrected chi connectivity index (χ0v) is 14.0. The molecule has 0 spiro atoms. The van der Waals surface area contributed by atoms with Crippen molar-refractivity contribution in [3.8, 4) is 0 Å². The van der Waals surface area contributed by atoms with Gasteiger partial charge < -0.3 is 15.0 Å². The predicted octanol–water partition coefficient (Wildman–Crippen LogP) is 2.84. The topological polar surface area (TPSA) is 67.3 Å². The molecule has 0 radical (unpaired) electrons. The monoisotopic (exact) mass is 326 g/mol. The maximum Gasteiger partial charge on any atom is 0.249 e. The van der Waals surface area contributed by atoms with E-state index in [2.05, 4.69) is 15.3 Å². The maximum absolute atomic E-state index is 12.2. The van der Waals surface area contributed by atoms with Crippen molar-refractivity contribution in [2.45, 2.75) is 25.8 Å². The van der Waals surface area contributed by atoms with E-state index in [4.69, 9.17) is 4.74 Å². The van der Waals surface area contributed by atoms with E-state index in [9.17, 15) is 4.79 Å². The summed E-state index contributed by atoms with van der Waals surface area (Å²) < 4.78 is 4.98. The van der Waals surface area contributed by atoms with E-state index in [0.717, 1.165) is 42.4 Å². The van der Waals surface area contributed by atoms with E-state index in [0.29, 0.717) is 0 Å². The van der Waals surface area contributed by atoms with Crippen LogP contribution < -0.4 is 5.32 Å². The third kappa shape index (κ3) is 3.71. The van der Waals surface area contributed by atoms with Gasteiger partial charge in [-0.25, -0.2) is 9.97 Å². The average molecular weight is 326 g/mol. The van der Waals surface area contributed by atoms with Gasteiger partial charge in [-0.15, -0.1) is 0 Å². The number of aryl methyl sites for hydroxylation is 1. The highest BCUT2D eigenvalue weighted by Crippen LogP contribution is 2.31. The van der Waals surface area contributed by atoms with Crippen LogP contribution in [-0.4, -0.2) is 41.0 Å². The lowest BCUT2D eigenvalue weighted by molar-refractivity contribution is -0.136. The minimum atomic E-state index is 0.0138. The highest BCUT2D eigenvalue weighted by atomic mass is 16.5. The van der Waals surface area contributed by atoms with Crippen LogP contribution in [0.15, 0.2) is 36.4 Å². The fourth-order valence-electron chi connectivity index (χ4n) is 3.03. The molecule has 6 heteroatoms. The van der Waals surface area contributed by atoms with Gasteiger partial charge in [0.25, 0.3) is 0 Å². The Bertz CT molecular complexity index is 720. The van der Waals surface area contributed by atoms with E-state index < -0.39 is 0 Å². The van der Waals surface area contributed by atoms with Crippen LogP contribution in [0.2, 0.25) is 0 Å². The molecular formula is C18H22N4O2. The van der Waals surface area contributed by atoms with Crippen molar-refractivity contribution in [2.75, 3.05) is 25.6 Å². The molecule has 3 rings (SSSR count). The van der Waals surface area contributed by atoms with Crippen molar-refractivity contribution in [2.24, 2.45) is 0 Å². The number of anilines is 2. The highest BCUT2D eigenvalue weighted by molar-refractivity contribution is 5.78. The summed E-state index contributed by atoms with van der Waals surface area (Å²) in [5, 5.41) is 3.23. The van der Waals surface area contributed by atoms with Crippen molar-refractivity contribution in [3.63, 3.8) is 0 Å². The lowest BCUT2D eigenvalue weighted by Gasteiger charge is -2.24. The third-order valence-electron chi connectivity index (χ3n) is 4.10. The van der Waals surface area contributed by atoms with Gasteiger partial charge in [0.1, 0.15) is 18.2 Å². The first-order chi connectivity index (χ1) is 11.7. The van der Waals surface area contributed by atoms with Crippen LogP contribution in [0.25, 0.3) is 0 Å². The summed E-state index contributed by atoms with van der Waals surface area (Å²) in [7, 11) is 1.54. The van der Waals surface area contributed by atoms with E-state index in [1.165, 1.54) is 0 Å². The van der Waals surface area contributed by atoms with Crippen molar-refractivity contribution < 1.29 is 9.53 Å². The average Bonchev–Trinajstić information content (AvgIpc) is 3.05. The third-order valence-corrected chi connectivity index (χ3v) is 4.10. The molecule has 6 nitrogen and oxygen atoms in total. The lowest BCUT2D eigenvalue weighted by atomic mass is 10.1. The van der Waals surface area contributed by atoms with Gasteiger partial charge in [0, 0.05) is 19.3 Å². The summed E-state index contributed by atoms with van der Waals surface area (Å²) in [5.74, 6) is 1.51. The van der Waals surface area contributed by atoms with Crippen molar-refractivity contribution in [1.82, 2.24) is 14.9 Å². The number of ether oxygens (including phenoxy) is 1. The molecule has 1 fully saturated rings. The van der Waals surface area contributed by atoms with Crippen LogP contribution in [0.4, 0.5) is 11.6 Å². The number of hydrogen-bond acceptors (Lipinski definition) is 5. The number of amides is 1. The molecule has 0 saturated carbocycles. The minimum Gasteiger partial charge on any atom is -0.375 e. The van der Waals surface area contributed by atoms with Gasteiger partial charge in [0.05, 0.1) is 11.7 Å². The maximum atomic E-state index is 12.2. The number of pyridine rings is 2. The van der Waals surface area contributed by atoms with Crippen LogP contribution in [0.3, 0.4) is 0 Å². The van der Waals surface area contributed by atoms with Crippen LogP contribution >= 0.6 is 0 Å². The molecule has 2 aromatic rings. The summed E-state index contributed by atoms with van der Waals surface area (Å²) >= 11 is 0. The second-order valence-electron chi connectivity index (χ2n) is 5.92. The molecule has 1 aliphatic rings. The molecule has 0 aliphatic carbocycles. The fourth-order valence-corrected chi connectivity index (χ4v) is 3.03. The summed E-state index contributed by atoms with van der Waals surface area (Å²) in [6.45, 7) is 2.82. The molecule has 1 atom stereocenters. The molecule has 24 heavy (non-hydrogen) atoms. The standard InChI is InChI=1S/C18H22N4O2/c1-13-6-3-9-16(19-13)21-17-10-4-7-14(20-17)15-8-5-11-22(15)18(23)12-24-2/h3-4,6-7,9-10,15H,5,8,11-12H2,1-2H3,(H,19,20,21)/t15-/m0/s1. The number of rotatable bonds is 5. The fraction of sp³-hybridized carbons (Fsp3) is 0.389. The smallest absolute Gasteiger partial charge is 0.249 e. The predicted molar refractivity (Wildman–Crippen MR) is 92.1 cm³/mol. The van der Waals surface area contributed by atoms with Crippen LogP contribution in [0.5, 0.6) is 0 Å². The van der Waals surface area contributed by atoms with Gasteiger partial charge in [-0.2, -0.15) is 0 Å². The van der Waals surface area contributed by atoms with Gasteiger partial charge in [-0.1, -0.05) is 12.1 Å². The minimum absolute atomic E-state index is 0.0138. The number of hydrogen-bond donors (Lipinski definition) is 1. The second kappa shape index (κ2) is 7.40. The highest BCUT2D eigenvalue weighted by Gasteiger charge is 2.30. The second-order valence-corrected chi connectivity index (χ2v) is 5.92. The van der Waals surface area contributed by atoms with E-state index >= 15 is 0 Å². The molecule has 1 saturated heterocycles. The molecule has 0 bridgehead atoms. The van der Waals surface area contributed by atoms with E-state index in [-0.39, 0.29) is 18.6 Å². The number of aromatic nitrogens is 2. The quantitative estimate of drug-likeness (QED) is 0.915. The Morgan fingerprint density at radius 1 is 1.25 bits per heavy atom. The molecule has 126 valence electrons. The van der Waals surface area contributed by atoms with Crippen molar-refractivity contribution in [1.29, 1.82) is 0 Å². The SMILES string of the molecule is COCC(=O)N1CCC[C@H]1c1cccc(Nc2cccc(C)n2)n1. The Labute approximate surface area is 141 Å². The van der Waals surface area contributed by atoms with Crippen molar-refractivity contribution in [3.05, 3.63) is 47.8 Å². The van der Waals surface area contributed by atoms with Gasteiger partial charge in [0.15, 0.2) is 0 Å². The van der Waals surface area contributed by atoms with Gasteiger partial charge >= 0.3 is 0 Å². The largest absolute Gasteiger partial charge is 0.375 e. The van der Waals surface area contributed by atoms with Gasteiger partial charge in [0.2, 0.25) is 5.91 Å². The first-order valence-electron chi connectivity index (χ1n) is 8.13. The number of methoxy groups -OCH3 is 1. The van der Waals surface area contributed by atoms with Crippen molar-refractivity contribution >= 4 is 17.5 Å². The van der Waals surface area contributed by atoms with Gasteiger partial charge in [-0.3, -0.25) is 4.79 Å². The zero-order chi connectivity index (χ0) is 16.9. The molecule has 2 aromatic heterocycles. The Kier molecular flexibility index (Phi) is 5.05. The zero-order valence-electron chi connectivity index (χ0n) is 14.0. The van der Waals surface area contributed by atoms with Gasteiger partial charge in [-0.05, 0) is 44.0 Å². The summed E-state index contributed by atoms with van der Waals surface area (Å²) in [6.07, 6.45) is 1.91. The molecule has 1 N–H and O–H groups in total. The Balaban J connectivity index is 1.78. The Morgan fingerprint density at radius 2 is 2.00 bits per heavy atom. The van der Waals surface area contributed by atoms with Crippen LogP contribution in [-0.2, 0) is 9.53 Å². The summed E-state index contributed by atoms with van der Waals surface area (Å²) in [5.41, 5.74) is 1.85. The molecule has 1 amide bonds. The number of carbonyl (C=O) groups is 1. The number of likely N-dealkylation sites (tertiary alicyclic amines) is 1. The molecular weight excluding hydrogens is 304 g/mol. The summed E-state index contributed by atoms with van der Waals surface area (Å²) in [4.78, 5) is 23.2. The first-order valence-corrected chi connectivity index (χ1v) is 8.13. The molecule has 3 heterocycles. The normalized spacial score (nSPS) is 17.1. The van der Waals surface area contributed by atoms with E-state index in [1.54, 1.807) is 7.11 Å². The number of nitrogens with zero attached hydrogens (tertiary/aromatic N) is 3. The molecule has 0 unspecified atom stereocenters. The number of nitrogens with one attached hydrogen (secondary N) is 1. The molecule has 0 aromatic carbocycles. The lowest BCUT2D eigenvalue weighted by Crippen LogP contribution is -2.33. The van der Waals surface area contributed by atoms with Crippen LogP contribution in [0, 0.1) is 6.92 Å². The Hall–Kier alpha value is -2.47. The van der Waals surface area contributed by atoms with Crippen LogP contribution in [0.1, 0.15) is 30.3 Å². The number of carbonyl (C=O) groups excluding carboxylic acids is 1. The summed E-state index contributed by atoms with van der Waals surface area (Å²) in [6, 6.07) is 11.7.